The number of benzene rings is 1. The van der Waals surface area contributed by atoms with Crippen LogP contribution in [0.3, 0.4) is 0 Å². The first-order chi connectivity index (χ1) is 16.9. The third-order valence-corrected chi connectivity index (χ3v) is 7.01. The summed E-state index contributed by atoms with van der Waals surface area (Å²) in [4.78, 5) is 40.8. The van der Waals surface area contributed by atoms with Gasteiger partial charge in [0.05, 0.1) is 18.6 Å². The number of hydrogen-bond acceptors (Lipinski definition) is 7. The Morgan fingerprint density at radius 1 is 1.11 bits per heavy atom. The molecule has 9 nitrogen and oxygen atoms in total. The van der Waals surface area contributed by atoms with E-state index in [9.17, 15) is 14.4 Å². The molecule has 1 N–H and O–H groups in total. The van der Waals surface area contributed by atoms with Crippen molar-refractivity contribution in [2.45, 2.75) is 58.0 Å². The van der Waals surface area contributed by atoms with Gasteiger partial charge < -0.3 is 14.8 Å². The summed E-state index contributed by atoms with van der Waals surface area (Å²) >= 11 is 0. The zero-order chi connectivity index (χ0) is 24.8. The summed E-state index contributed by atoms with van der Waals surface area (Å²) in [6.45, 7) is 7.64. The first-order valence-electron chi connectivity index (χ1n) is 12.7. The molecule has 2 aliphatic rings. The van der Waals surface area contributed by atoms with E-state index in [4.69, 9.17) is 9.47 Å². The summed E-state index contributed by atoms with van der Waals surface area (Å²) in [6, 6.07) is 6.85. The van der Waals surface area contributed by atoms with Crippen LogP contribution in [0.15, 0.2) is 29.1 Å². The van der Waals surface area contributed by atoms with Crippen molar-refractivity contribution in [3.8, 4) is 0 Å². The van der Waals surface area contributed by atoms with Gasteiger partial charge in [0, 0.05) is 37.1 Å². The Morgan fingerprint density at radius 2 is 1.80 bits per heavy atom. The second-order valence-electron chi connectivity index (χ2n) is 10.0. The Balaban J connectivity index is 1.42. The SMILES string of the molecule is CC(C)Cn1nc(C(=O)OCC(=O)NCC2(N3CCOCC3)CCCCC2)c2ccccc2c1=O. The molecule has 2 heterocycles. The maximum atomic E-state index is 12.9. The van der Waals surface area contributed by atoms with E-state index < -0.39 is 12.6 Å². The van der Waals surface area contributed by atoms with E-state index in [0.29, 0.717) is 37.1 Å². The largest absolute Gasteiger partial charge is 0.451 e. The lowest BCUT2D eigenvalue weighted by atomic mass is 9.79. The molecule has 2 fully saturated rings. The van der Waals surface area contributed by atoms with Crippen molar-refractivity contribution in [3.05, 3.63) is 40.3 Å². The molecule has 0 spiro atoms. The maximum absolute atomic E-state index is 12.9. The third-order valence-electron chi connectivity index (χ3n) is 7.01. The lowest BCUT2D eigenvalue weighted by molar-refractivity contribution is -0.125. The predicted molar refractivity (Wildman–Crippen MR) is 132 cm³/mol. The summed E-state index contributed by atoms with van der Waals surface area (Å²) in [6.07, 6.45) is 5.60. The van der Waals surface area contributed by atoms with Crippen molar-refractivity contribution in [2.24, 2.45) is 5.92 Å². The Bertz CT molecular complexity index is 1100. The van der Waals surface area contributed by atoms with Crippen LogP contribution in [-0.4, -0.2) is 71.6 Å². The zero-order valence-electron chi connectivity index (χ0n) is 20.8. The Morgan fingerprint density at radius 3 is 2.49 bits per heavy atom. The van der Waals surface area contributed by atoms with Gasteiger partial charge >= 0.3 is 5.97 Å². The summed E-state index contributed by atoms with van der Waals surface area (Å²) < 4.78 is 12.2. The number of ether oxygens (including phenoxy) is 2. The quantitative estimate of drug-likeness (QED) is 0.574. The van der Waals surface area contributed by atoms with Gasteiger partial charge in [-0.15, -0.1) is 0 Å². The molecule has 1 saturated carbocycles. The van der Waals surface area contributed by atoms with Crippen LogP contribution in [-0.2, 0) is 20.8 Å². The number of rotatable bonds is 8. The van der Waals surface area contributed by atoms with E-state index in [1.54, 1.807) is 24.3 Å². The van der Waals surface area contributed by atoms with E-state index in [1.165, 1.54) is 11.1 Å². The topological polar surface area (TPSA) is 103 Å². The maximum Gasteiger partial charge on any atom is 0.359 e. The average Bonchev–Trinajstić information content (AvgIpc) is 2.88. The fraction of sp³-hybridized carbons (Fsp3) is 0.615. The highest BCUT2D eigenvalue weighted by atomic mass is 16.5. The lowest BCUT2D eigenvalue weighted by Crippen LogP contribution is -2.59. The summed E-state index contributed by atoms with van der Waals surface area (Å²) in [5.41, 5.74) is -0.263. The van der Waals surface area contributed by atoms with E-state index in [2.05, 4.69) is 15.3 Å². The van der Waals surface area contributed by atoms with Crippen LogP contribution in [0, 0.1) is 5.92 Å². The van der Waals surface area contributed by atoms with Gasteiger partial charge in [0.1, 0.15) is 0 Å². The summed E-state index contributed by atoms with van der Waals surface area (Å²) in [5.74, 6) is -0.875. The zero-order valence-corrected chi connectivity index (χ0v) is 20.8. The fourth-order valence-corrected chi connectivity index (χ4v) is 5.22. The number of morpholine rings is 1. The number of fused-ring (bicyclic) bond motifs is 1. The van der Waals surface area contributed by atoms with Crippen LogP contribution in [0.25, 0.3) is 10.8 Å². The number of carbonyl (C=O) groups is 2. The molecule has 1 aliphatic heterocycles. The highest BCUT2D eigenvalue weighted by molar-refractivity contribution is 6.02. The molecule has 1 amide bonds. The van der Waals surface area contributed by atoms with Crippen LogP contribution in [0.1, 0.15) is 56.4 Å². The summed E-state index contributed by atoms with van der Waals surface area (Å²) in [7, 11) is 0. The Kier molecular flexibility index (Phi) is 8.18. The number of esters is 1. The number of carbonyl (C=O) groups excluding carboxylic acids is 2. The van der Waals surface area contributed by atoms with Gasteiger partial charge in [0.25, 0.3) is 11.5 Å². The molecule has 1 aliphatic carbocycles. The molecule has 1 aromatic carbocycles. The van der Waals surface area contributed by atoms with Crippen LogP contribution < -0.4 is 10.9 Å². The second kappa shape index (κ2) is 11.3. The summed E-state index contributed by atoms with van der Waals surface area (Å²) in [5, 5.41) is 8.13. The second-order valence-corrected chi connectivity index (χ2v) is 10.0. The predicted octanol–water partition coefficient (Wildman–Crippen LogP) is 2.36. The van der Waals surface area contributed by atoms with E-state index in [-0.39, 0.29) is 28.6 Å². The number of aromatic nitrogens is 2. The van der Waals surface area contributed by atoms with Crippen LogP contribution in [0.5, 0.6) is 0 Å². The van der Waals surface area contributed by atoms with Crippen molar-refractivity contribution in [1.29, 1.82) is 0 Å². The van der Waals surface area contributed by atoms with Crippen molar-refractivity contribution in [2.75, 3.05) is 39.5 Å². The molecular weight excluding hydrogens is 448 g/mol. The molecule has 0 bridgehead atoms. The molecule has 35 heavy (non-hydrogen) atoms. The van der Waals surface area contributed by atoms with E-state index in [1.807, 2.05) is 13.8 Å². The molecule has 0 atom stereocenters. The molecule has 9 heteroatoms. The molecule has 190 valence electrons. The van der Waals surface area contributed by atoms with Crippen molar-refractivity contribution in [1.82, 2.24) is 20.0 Å². The molecule has 4 rings (SSSR count). The molecule has 0 radical (unpaired) electrons. The highest BCUT2D eigenvalue weighted by Crippen LogP contribution is 2.33. The lowest BCUT2D eigenvalue weighted by Gasteiger charge is -2.48. The first kappa shape index (κ1) is 25.3. The van der Waals surface area contributed by atoms with Gasteiger partial charge in [-0.1, -0.05) is 51.3 Å². The van der Waals surface area contributed by atoms with Gasteiger partial charge in [-0.05, 0) is 24.8 Å². The third kappa shape index (κ3) is 5.90. The van der Waals surface area contributed by atoms with Crippen LogP contribution in [0.4, 0.5) is 0 Å². The highest BCUT2D eigenvalue weighted by Gasteiger charge is 2.38. The number of amides is 1. The number of nitrogens with zero attached hydrogens (tertiary/aromatic N) is 3. The van der Waals surface area contributed by atoms with Gasteiger partial charge in [-0.2, -0.15) is 5.10 Å². The minimum absolute atomic E-state index is 0.0470. The first-order valence-corrected chi connectivity index (χ1v) is 12.7. The minimum atomic E-state index is -0.714. The van der Waals surface area contributed by atoms with Gasteiger partial charge in [-0.25, -0.2) is 9.48 Å². The van der Waals surface area contributed by atoms with E-state index >= 15 is 0 Å². The molecule has 1 aromatic heterocycles. The van der Waals surface area contributed by atoms with Gasteiger partial charge in [0.2, 0.25) is 0 Å². The number of nitrogens with one attached hydrogen (secondary N) is 1. The molecule has 0 unspecified atom stereocenters. The number of hydrogen-bond donors (Lipinski definition) is 1. The van der Waals surface area contributed by atoms with Crippen molar-refractivity contribution >= 4 is 22.6 Å². The van der Waals surface area contributed by atoms with E-state index in [0.717, 1.165) is 38.8 Å². The molecular formula is C26H36N4O5. The minimum Gasteiger partial charge on any atom is -0.451 e. The van der Waals surface area contributed by atoms with Crippen molar-refractivity contribution in [3.63, 3.8) is 0 Å². The Hall–Kier alpha value is -2.78. The van der Waals surface area contributed by atoms with Gasteiger partial charge in [0.15, 0.2) is 12.3 Å². The monoisotopic (exact) mass is 484 g/mol. The van der Waals surface area contributed by atoms with Crippen LogP contribution in [0.2, 0.25) is 0 Å². The fourth-order valence-electron chi connectivity index (χ4n) is 5.22. The molecule has 1 saturated heterocycles. The normalized spacial score (nSPS) is 18.5. The van der Waals surface area contributed by atoms with Gasteiger partial charge in [-0.3, -0.25) is 14.5 Å². The standard InChI is InChI=1S/C26H36N4O5/c1-19(2)16-30-24(32)21-9-5-4-8-20(21)23(28-30)25(33)35-17-22(31)27-18-26(10-6-3-7-11-26)29-12-14-34-15-13-29/h4-5,8-9,19H,3,6-7,10-18H2,1-2H3,(H,27,31). The Labute approximate surface area is 205 Å². The average molecular weight is 485 g/mol. The smallest absolute Gasteiger partial charge is 0.359 e. The molecule has 2 aromatic rings. The van der Waals surface area contributed by atoms with Crippen LogP contribution >= 0.6 is 0 Å². The van der Waals surface area contributed by atoms with Crippen molar-refractivity contribution < 1.29 is 19.1 Å².